The summed E-state index contributed by atoms with van der Waals surface area (Å²) in [6, 6.07) is 5.69. The van der Waals surface area contributed by atoms with Crippen LogP contribution in [0.25, 0.3) is 0 Å². The van der Waals surface area contributed by atoms with Crippen LogP contribution in [0, 0.1) is 0 Å². The summed E-state index contributed by atoms with van der Waals surface area (Å²) in [5.41, 5.74) is 1.04. The number of hydrogen-bond donors (Lipinski definition) is 1. The zero-order chi connectivity index (χ0) is 12.0. The molecule has 16 heavy (non-hydrogen) atoms. The Morgan fingerprint density at radius 3 is 2.12 bits per heavy atom. The second kappa shape index (κ2) is 6.38. The minimum absolute atomic E-state index is 0.290. The third-order valence-corrected chi connectivity index (χ3v) is 2.50. The van der Waals surface area contributed by atoms with Crippen molar-refractivity contribution in [2.75, 3.05) is 14.2 Å². The summed E-state index contributed by atoms with van der Waals surface area (Å²) in [5, 5.41) is 9.75. The van der Waals surface area contributed by atoms with Crippen LogP contribution in [0.1, 0.15) is 25.3 Å². The van der Waals surface area contributed by atoms with Crippen LogP contribution in [0.15, 0.2) is 18.2 Å². The molecule has 90 valence electrons. The van der Waals surface area contributed by atoms with Gasteiger partial charge in [0.15, 0.2) is 0 Å². The lowest BCUT2D eigenvalue weighted by Crippen LogP contribution is -2.09. The molecule has 0 bridgehead atoms. The highest BCUT2D eigenvalue weighted by molar-refractivity contribution is 5.38. The molecule has 0 aliphatic carbocycles. The summed E-state index contributed by atoms with van der Waals surface area (Å²) in [6.45, 7) is 2.06. The smallest absolute Gasteiger partial charge is 0.122 e. The molecule has 0 amide bonds. The zero-order valence-corrected chi connectivity index (χ0v) is 10.2. The molecule has 0 aliphatic heterocycles. The van der Waals surface area contributed by atoms with E-state index in [1.807, 2.05) is 18.2 Å². The summed E-state index contributed by atoms with van der Waals surface area (Å²) in [4.78, 5) is 0. The highest BCUT2D eigenvalue weighted by Crippen LogP contribution is 2.23. The summed E-state index contributed by atoms with van der Waals surface area (Å²) in [6.07, 6.45) is 2.16. The molecule has 0 saturated heterocycles. The van der Waals surface area contributed by atoms with Crippen LogP contribution in [0.5, 0.6) is 11.5 Å². The zero-order valence-electron chi connectivity index (χ0n) is 10.2. The van der Waals surface area contributed by atoms with Crippen LogP contribution in [-0.4, -0.2) is 25.4 Å². The SMILES string of the molecule is CCC[C@@H](O)Cc1cc(OC)cc(OC)c1. The summed E-state index contributed by atoms with van der Waals surface area (Å²) >= 11 is 0. The predicted molar refractivity (Wildman–Crippen MR) is 64.2 cm³/mol. The van der Waals surface area contributed by atoms with Crippen LogP contribution in [0.4, 0.5) is 0 Å². The molecule has 0 aliphatic rings. The van der Waals surface area contributed by atoms with Gasteiger partial charge in [-0.1, -0.05) is 13.3 Å². The van der Waals surface area contributed by atoms with Gasteiger partial charge in [-0.3, -0.25) is 0 Å². The fourth-order valence-corrected chi connectivity index (χ4v) is 1.69. The lowest BCUT2D eigenvalue weighted by molar-refractivity contribution is 0.163. The number of aliphatic hydroxyl groups is 1. The van der Waals surface area contributed by atoms with Crippen molar-refractivity contribution in [3.8, 4) is 11.5 Å². The predicted octanol–water partition coefficient (Wildman–Crippen LogP) is 2.41. The molecule has 3 nitrogen and oxygen atoms in total. The van der Waals surface area contributed by atoms with Crippen molar-refractivity contribution in [3.05, 3.63) is 23.8 Å². The molecule has 0 radical (unpaired) electrons. The summed E-state index contributed by atoms with van der Waals surface area (Å²) < 4.78 is 10.4. The van der Waals surface area contributed by atoms with Crippen molar-refractivity contribution in [2.45, 2.75) is 32.3 Å². The van der Waals surface area contributed by atoms with Gasteiger partial charge in [0, 0.05) is 6.07 Å². The third kappa shape index (κ3) is 3.74. The fraction of sp³-hybridized carbons (Fsp3) is 0.538. The Labute approximate surface area is 97.0 Å². The van der Waals surface area contributed by atoms with Crippen LogP contribution < -0.4 is 9.47 Å². The first kappa shape index (κ1) is 12.8. The lowest BCUT2D eigenvalue weighted by atomic mass is 10.0. The monoisotopic (exact) mass is 224 g/mol. The molecule has 3 heteroatoms. The summed E-state index contributed by atoms with van der Waals surface area (Å²) in [7, 11) is 3.25. The first-order valence-electron chi connectivity index (χ1n) is 5.59. The van der Waals surface area contributed by atoms with Crippen LogP contribution in [0.2, 0.25) is 0 Å². The van der Waals surface area contributed by atoms with Crippen molar-refractivity contribution in [2.24, 2.45) is 0 Å². The third-order valence-electron chi connectivity index (χ3n) is 2.50. The topological polar surface area (TPSA) is 38.7 Å². The number of ether oxygens (including phenoxy) is 2. The maximum atomic E-state index is 9.75. The van der Waals surface area contributed by atoms with Gasteiger partial charge in [0.1, 0.15) is 11.5 Å². The molecule has 1 atom stereocenters. The molecule has 1 N–H and O–H groups in total. The molecule has 0 unspecified atom stereocenters. The van der Waals surface area contributed by atoms with Crippen molar-refractivity contribution >= 4 is 0 Å². The van der Waals surface area contributed by atoms with Crippen molar-refractivity contribution < 1.29 is 14.6 Å². The number of hydrogen-bond acceptors (Lipinski definition) is 3. The van der Waals surface area contributed by atoms with E-state index in [0.29, 0.717) is 6.42 Å². The van der Waals surface area contributed by atoms with Gasteiger partial charge in [-0.2, -0.15) is 0 Å². The molecular weight excluding hydrogens is 204 g/mol. The maximum absolute atomic E-state index is 9.75. The fourth-order valence-electron chi connectivity index (χ4n) is 1.69. The van der Waals surface area contributed by atoms with Crippen LogP contribution in [0.3, 0.4) is 0 Å². The second-order valence-electron chi connectivity index (χ2n) is 3.87. The highest BCUT2D eigenvalue weighted by atomic mass is 16.5. The van der Waals surface area contributed by atoms with Gasteiger partial charge in [0.05, 0.1) is 20.3 Å². The summed E-state index contributed by atoms with van der Waals surface area (Å²) in [5.74, 6) is 1.52. The number of methoxy groups -OCH3 is 2. The Balaban J connectivity index is 2.78. The van der Waals surface area contributed by atoms with Crippen LogP contribution in [-0.2, 0) is 6.42 Å². The quantitative estimate of drug-likeness (QED) is 0.806. The standard InChI is InChI=1S/C13H20O3/c1-4-5-11(14)6-10-7-12(15-2)9-13(8-10)16-3/h7-9,11,14H,4-6H2,1-3H3/t11-/m1/s1. The molecule has 0 fully saturated rings. The van der Waals surface area contributed by atoms with E-state index in [4.69, 9.17) is 9.47 Å². The van der Waals surface area contributed by atoms with Gasteiger partial charge in [-0.25, -0.2) is 0 Å². The largest absolute Gasteiger partial charge is 0.497 e. The Hall–Kier alpha value is -1.22. The molecule has 0 saturated carbocycles. The first-order chi connectivity index (χ1) is 7.69. The van der Waals surface area contributed by atoms with Gasteiger partial charge < -0.3 is 14.6 Å². The molecule has 1 rings (SSSR count). The number of rotatable bonds is 6. The second-order valence-corrected chi connectivity index (χ2v) is 3.87. The van der Waals surface area contributed by atoms with Crippen molar-refractivity contribution in [1.82, 2.24) is 0 Å². The Bertz CT molecular complexity index is 301. The van der Waals surface area contributed by atoms with E-state index in [1.54, 1.807) is 14.2 Å². The van der Waals surface area contributed by atoms with Gasteiger partial charge in [0.2, 0.25) is 0 Å². The van der Waals surface area contributed by atoms with E-state index in [-0.39, 0.29) is 6.10 Å². The van der Waals surface area contributed by atoms with E-state index >= 15 is 0 Å². The Morgan fingerprint density at radius 2 is 1.69 bits per heavy atom. The molecule has 0 aromatic heterocycles. The van der Waals surface area contributed by atoms with Crippen molar-refractivity contribution in [1.29, 1.82) is 0 Å². The molecule has 1 aromatic rings. The van der Waals surface area contributed by atoms with Crippen molar-refractivity contribution in [3.63, 3.8) is 0 Å². The Kier molecular flexibility index (Phi) is 5.12. The van der Waals surface area contributed by atoms with Gasteiger partial charge in [-0.15, -0.1) is 0 Å². The minimum atomic E-state index is -0.290. The van der Waals surface area contributed by atoms with E-state index in [0.717, 1.165) is 29.9 Å². The normalized spacial score (nSPS) is 12.2. The Morgan fingerprint density at radius 1 is 1.12 bits per heavy atom. The van der Waals surface area contributed by atoms with Gasteiger partial charge >= 0.3 is 0 Å². The lowest BCUT2D eigenvalue weighted by Gasteiger charge is -2.12. The van der Waals surface area contributed by atoms with E-state index in [2.05, 4.69) is 6.92 Å². The van der Waals surface area contributed by atoms with E-state index in [1.165, 1.54) is 0 Å². The molecule has 0 spiro atoms. The molecule has 1 aromatic carbocycles. The minimum Gasteiger partial charge on any atom is -0.497 e. The highest BCUT2D eigenvalue weighted by Gasteiger charge is 2.07. The molecule has 0 heterocycles. The van der Waals surface area contributed by atoms with E-state index in [9.17, 15) is 5.11 Å². The van der Waals surface area contributed by atoms with E-state index < -0.39 is 0 Å². The van der Waals surface area contributed by atoms with Gasteiger partial charge in [-0.05, 0) is 30.5 Å². The van der Waals surface area contributed by atoms with Crippen LogP contribution >= 0.6 is 0 Å². The number of aliphatic hydroxyl groups excluding tert-OH is 1. The average Bonchev–Trinajstić information content (AvgIpc) is 2.28. The number of benzene rings is 1. The average molecular weight is 224 g/mol. The molecular formula is C13H20O3. The van der Waals surface area contributed by atoms with Gasteiger partial charge in [0.25, 0.3) is 0 Å². The maximum Gasteiger partial charge on any atom is 0.122 e. The first-order valence-corrected chi connectivity index (χ1v) is 5.59.